The highest BCUT2D eigenvalue weighted by Gasteiger charge is 2.35. The van der Waals surface area contributed by atoms with E-state index in [0.29, 0.717) is 26.3 Å². The van der Waals surface area contributed by atoms with Crippen LogP contribution in [-0.2, 0) is 11.3 Å². The third kappa shape index (κ3) is 5.50. The van der Waals surface area contributed by atoms with Gasteiger partial charge in [-0.25, -0.2) is 4.79 Å². The number of imide groups is 1. The van der Waals surface area contributed by atoms with Gasteiger partial charge < -0.3 is 9.47 Å². The van der Waals surface area contributed by atoms with Crippen molar-refractivity contribution in [3.05, 3.63) is 109 Å². The average molecular weight is 700 g/mol. The van der Waals surface area contributed by atoms with Gasteiger partial charge >= 0.3 is 5.97 Å². The largest absolute Gasteiger partial charge is 0.493 e. The van der Waals surface area contributed by atoms with Crippen molar-refractivity contribution in [2.75, 3.05) is 7.11 Å². The van der Waals surface area contributed by atoms with Crippen LogP contribution in [0.5, 0.6) is 11.5 Å². The van der Waals surface area contributed by atoms with Crippen LogP contribution in [-0.4, -0.2) is 29.1 Å². The second-order valence-corrected chi connectivity index (χ2v) is 11.4. The SMILES string of the molecule is COc1cc(/C=C2\SC(=O)N(Cc3ccc(I)cc3)C2=O)cc(Br)c1OC(=O)c1cccc2ccccc12. The van der Waals surface area contributed by atoms with Crippen LogP contribution in [0.15, 0.2) is 88.2 Å². The molecular formula is C29H19BrINO5S. The number of ether oxygens (including phenoxy) is 2. The molecule has 1 heterocycles. The zero-order valence-electron chi connectivity index (χ0n) is 19.9. The van der Waals surface area contributed by atoms with Crippen LogP contribution in [0, 0.1) is 3.57 Å². The summed E-state index contributed by atoms with van der Waals surface area (Å²) in [5.41, 5.74) is 1.91. The summed E-state index contributed by atoms with van der Waals surface area (Å²) >= 11 is 6.56. The maximum atomic E-state index is 13.1. The molecule has 0 bridgehead atoms. The van der Waals surface area contributed by atoms with Gasteiger partial charge in [0.2, 0.25) is 0 Å². The highest BCUT2D eigenvalue weighted by Crippen LogP contribution is 2.40. The standard InChI is InChI=1S/C29H19BrINO5S/c1-36-24-14-18(15-25-27(33)32(29(35)38-25)16-17-9-11-20(31)12-10-17)13-23(30)26(24)37-28(34)22-8-4-6-19-5-2-3-7-21(19)22/h2-15H,16H2,1H3/b25-15-. The molecule has 1 saturated heterocycles. The molecule has 2 amide bonds. The molecule has 0 spiro atoms. The Kier molecular flexibility index (Phi) is 7.87. The van der Waals surface area contributed by atoms with Gasteiger partial charge in [0.05, 0.1) is 28.6 Å². The van der Waals surface area contributed by atoms with E-state index in [1.165, 1.54) is 12.0 Å². The van der Waals surface area contributed by atoms with Crippen LogP contribution in [0.25, 0.3) is 16.8 Å². The van der Waals surface area contributed by atoms with E-state index in [2.05, 4.69) is 38.5 Å². The molecule has 0 N–H and O–H groups in total. The number of carbonyl (C=O) groups excluding carboxylic acids is 3. The Morgan fingerprint density at radius 1 is 1.03 bits per heavy atom. The van der Waals surface area contributed by atoms with Crippen LogP contribution < -0.4 is 9.47 Å². The van der Waals surface area contributed by atoms with Crippen molar-refractivity contribution in [3.63, 3.8) is 0 Å². The van der Waals surface area contributed by atoms with Crippen molar-refractivity contribution < 1.29 is 23.9 Å². The second-order valence-electron chi connectivity index (χ2n) is 8.34. The van der Waals surface area contributed by atoms with Crippen molar-refractivity contribution in [1.82, 2.24) is 4.90 Å². The lowest BCUT2D eigenvalue weighted by Gasteiger charge is -2.14. The fourth-order valence-electron chi connectivity index (χ4n) is 4.03. The highest BCUT2D eigenvalue weighted by molar-refractivity contribution is 14.1. The fraction of sp³-hybridized carbons (Fsp3) is 0.0690. The van der Waals surface area contributed by atoms with Gasteiger partial charge in [0, 0.05) is 3.57 Å². The molecule has 1 aliphatic rings. The molecule has 1 fully saturated rings. The Labute approximate surface area is 245 Å². The molecular weight excluding hydrogens is 681 g/mol. The summed E-state index contributed by atoms with van der Waals surface area (Å²) < 4.78 is 12.8. The molecule has 5 rings (SSSR count). The number of methoxy groups -OCH3 is 1. The maximum Gasteiger partial charge on any atom is 0.344 e. The number of thioether (sulfide) groups is 1. The highest BCUT2D eigenvalue weighted by atomic mass is 127. The number of nitrogens with zero attached hydrogens (tertiary/aromatic N) is 1. The second kappa shape index (κ2) is 11.3. The third-order valence-corrected chi connectivity index (χ3v) is 8.10. The first-order valence-corrected chi connectivity index (χ1v) is 14.1. The molecule has 0 aromatic heterocycles. The van der Waals surface area contributed by atoms with Crippen LogP contribution in [0.3, 0.4) is 0 Å². The number of amides is 2. The lowest BCUT2D eigenvalue weighted by Crippen LogP contribution is -2.27. The summed E-state index contributed by atoms with van der Waals surface area (Å²) in [5.74, 6) is -0.364. The lowest BCUT2D eigenvalue weighted by atomic mass is 10.0. The first kappa shape index (κ1) is 26.5. The molecule has 6 nitrogen and oxygen atoms in total. The monoisotopic (exact) mass is 699 g/mol. The summed E-state index contributed by atoms with van der Waals surface area (Å²) in [4.78, 5) is 40.2. The van der Waals surface area contributed by atoms with Gasteiger partial charge in [-0.3, -0.25) is 14.5 Å². The van der Waals surface area contributed by atoms with Crippen molar-refractivity contribution in [2.45, 2.75) is 6.54 Å². The van der Waals surface area contributed by atoms with E-state index >= 15 is 0 Å². The molecule has 0 saturated carbocycles. The molecule has 0 atom stereocenters. The zero-order chi connectivity index (χ0) is 26.8. The van der Waals surface area contributed by atoms with E-state index in [-0.39, 0.29) is 23.4 Å². The Bertz CT molecular complexity index is 1610. The van der Waals surface area contributed by atoms with Crippen LogP contribution in [0.1, 0.15) is 21.5 Å². The van der Waals surface area contributed by atoms with Crippen LogP contribution in [0.4, 0.5) is 4.79 Å². The maximum absolute atomic E-state index is 13.1. The Morgan fingerprint density at radius 2 is 1.76 bits per heavy atom. The predicted octanol–water partition coefficient (Wildman–Crippen LogP) is 7.67. The predicted molar refractivity (Wildman–Crippen MR) is 160 cm³/mol. The molecule has 38 heavy (non-hydrogen) atoms. The van der Waals surface area contributed by atoms with Gasteiger partial charge in [0.25, 0.3) is 11.1 Å². The van der Waals surface area contributed by atoms with Crippen LogP contribution in [0.2, 0.25) is 0 Å². The number of fused-ring (bicyclic) bond motifs is 1. The van der Waals surface area contributed by atoms with Crippen molar-refractivity contribution in [3.8, 4) is 11.5 Å². The first-order chi connectivity index (χ1) is 18.3. The number of hydrogen-bond donors (Lipinski definition) is 0. The van der Waals surface area contributed by atoms with Gasteiger partial charge in [0.1, 0.15) is 0 Å². The minimum atomic E-state index is -0.523. The third-order valence-electron chi connectivity index (χ3n) is 5.88. The summed E-state index contributed by atoms with van der Waals surface area (Å²) in [5, 5.41) is 1.39. The molecule has 1 aliphatic heterocycles. The summed E-state index contributed by atoms with van der Waals surface area (Å²) in [6, 6.07) is 24.1. The minimum Gasteiger partial charge on any atom is -0.493 e. The molecule has 0 radical (unpaired) electrons. The van der Waals surface area contributed by atoms with E-state index in [0.717, 1.165) is 31.7 Å². The first-order valence-electron chi connectivity index (χ1n) is 11.4. The normalized spacial score (nSPS) is 14.4. The summed E-state index contributed by atoms with van der Waals surface area (Å²) in [7, 11) is 1.47. The van der Waals surface area contributed by atoms with Gasteiger partial charge in [0.15, 0.2) is 11.5 Å². The minimum absolute atomic E-state index is 0.203. The molecule has 0 aliphatic carbocycles. The van der Waals surface area contributed by atoms with E-state index in [1.807, 2.05) is 54.6 Å². The fourth-order valence-corrected chi connectivity index (χ4v) is 5.77. The van der Waals surface area contributed by atoms with Gasteiger partial charge in [-0.15, -0.1) is 0 Å². The van der Waals surface area contributed by atoms with E-state index in [9.17, 15) is 14.4 Å². The smallest absolute Gasteiger partial charge is 0.344 e. The number of carbonyl (C=O) groups is 3. The van der Waals surface area contributed by atoms with E-state index in [4.69, 9.17) is 9.47 Å². The number of esters is 1. The molecule has 4 aromatic carbocycles. The van der Waals surface area contributed by atoms with Gasteiger partial charge in [-0.2, -0.15) is 0 Å². The summed E-state index contributed by atoms with van der Waals surface area (Å²) in [6.45, 7) is 0.203. The topological polar surface area (TPSA) is 72.9 Å². The Morgan fingerprint density at radius 3 is 2.53 bits per heavy atom. The average Bonchev–Trinajstić information content (AvgIpc) is 3.17. The van der Waals surface area contributed by atoms with Crippen LogP contribution >= 0.6 is 50.3 Å². The molecule has 4 aromatic rings. The Balaban J connectivity index is 1.39. The number of hydrogen-bond acceptors (Lipinski definition) is 6. The van der Waals surface area contributed by atoms with E-state index in [1.54, 1.807) is 30.3 Å². The lowest BCUT2D eigenvalue weighted by molar-refractivity contribution is -0.123. The number of halogens is 2. The van der Waals surface area contributed by atoms with E-state index < -0.39 is 5.97 Å². The van der Waals surface area contributed by atoms with Crippen molar-refractivity contribution in [2.24, 2.45) is 0 Å². The number of benzene rings is 4. The molecule has 9 heteroatoms. The molecule has 190 valence electrons. The Hall–Kier alpha value is -3.15. The van der Waals surface area contributed by atoms with Crippen molar-refractivity contribution >= 4 is 84.2 Å². The van der Waals surface area contributed by atoms with Gasteiger partial charge in [-0.1, -0.05) is 48.5 Å². The number of rotatable bonds is 6. The summed E-state index contributed by atoms with van der Waals surface area (Å²) in [6.07, 6.45) is 1.63. The zero-order valence-corrected chi connectivity index (χ0v) is 24.5. The quantitative estimate of drug-likeness (QED) is 0.0891. The molecule has 0 unspecified atom stereocenters. The van der Waals surface area contributed by atoms with Gasteiger partial charge in [-0.05, 0) is 109 Å². The van der Waals surface area contributed by atoms with Crippen molar-refractivity contribution in [1.29, 1.82) is 0 Å².